The van der Waals surface area contributed by atoms with Gasteiger partial charge in [0.2, 0.25) is 0 Å². The Bertz CT molecular complexity index is 606. The molecule has 1 heteroatoms. The van der Waals surface area contributed by atoms with Gasteiger partial charge in [-0.3, -0.25) is 0 Å². The molecule has 2 aromatic rings. The lowest BCUT2D eigenvalue weighted by Crippen LogP contribution is -2.08. The van der Waals surface area contributed by atoms with Gasteiger partial charge in [-0.25, -0.2) is 0 Å². The minimum absolute atomic E-state index is 0.337. The summed E-state index contributed by atoms with van der Waals surface area (Å²) < 4.78 is 0. The lowest BCUT2D eigenvalue weighted by molar-refractivity contribution is 0.480. The average Bonchev–Trinajstić information content (AvgIpc) is 3.21. The first kappa shape index (κ1) is 12.7. The van der Waals surface area contributed by atoms with Crippen LogP contribution in [0.5, 0.6) is 0 Å². The van der Waals surface area contributed by atoms with Crippen LogP contribution < -0.4 is 0 Å². The Hall–Kier alpha value is -1.01. The second kappa shape index (κ2) is 5.07. The second-order valence-electron chi connectivity index (χ2n) is 6.59. The van der Waals surface area contributed by atoms with Crippen LogP contribution in [-0.2, 0) is 6.42 Å². The van der Waals surface area contributed by atoms with Crippen molar-refractivity contribution in [2.24, 2.45) is 17.8 Å². The average molecular weight is 285 g/mol. The maximum atomic E-state index is 6.74. The molecule has 0 radical (unpaired) electrons. The van der Waals surface area contributed by atoms with Crippen LogP contribution in [0, 0.1) is 17.8 Å². The topological polar surface area (TPSA) is 0 Å². The van der Waals surface area contributed by atoms with E-state index in [1.54, 1.807) is 0 Å². The van der Waals surface area contributed by atoms with Gasteiger partial charge in [-0.2, -0.15) is 0 Å². The van der Waals surface area contributed by atoms with E-state index >= 15 is 0 Å². The SMILES string of the molecule is ClC(Cc1ccc2ccccc2c1)C1C2CCCCC21. The van der Waals surface area contributed by atoms with Crippen LogP contribution >= 0.6 is 11.6 Å². The van der Waals surface area contributed by atoms with Crippen LogP contribution in [0.2, 0.25) is 0 Å². The molecular weight excluding hydrogens is 264 g/mol. The fraction of sp³-hybridized carbons (Fsp3) is 0.474. The predicted octanol–water partition coefficient (Wildman–Crippen LogP) is 5.43. The van der Waals surface area contributed by atoms with Gasteiger partial charge in [0.15, 0.2) is 0 Å². The third-order valence-electron chi connectivity index (χ3n) is 5.38. The molecular formula is C19H21Cl. The third kappa shape index (κ3) is 2.24. The number of halogens is 1. The molecule has 0 nitrogen and oxygen atoms in total. The maximum absolute atomic E-state index is 6.74. The standard InChI is InChI=1S/C19H21Cl/c20-18(19-16-7-3-4-8-17(16)19)12-13-9-10-14-5-1-2-6-15(14)11-13/h1-2,5-6,9-11,16-19H,3-4,7-8,12H2. The van der Waals surface area contributed by atoms with Crippen molar-refractivity contribution in [1.82, 2.24) is 0 Å². The Morgan fingerprint density at radius 1 is 0.950 bits per heavy atom. The van der Waals surface area contributed by atoms with Crippen LogP contribution in [0.3, 0.4) is 0 Å². The highest BCUT2D eigenvalue weighted by atomic mass is 35.5. The molecule has 0 aromatic heterocycles. The normalized spacial score (nSPS) is 29.9. The number of benzene rings is 2. The molecule has 0 N–H and O–H groups in total. The second-order valence-corrected chi connectivity index (χ2v) is 7.15. The minimum atomic E-state index is 0.337. The third-order valence-corrected chi connectivity index (χ3v) is 5.83. The molecule has 2 aromatic carbocycles. The van der Waals surface area contributed by atoms with Gasteiger partial charge in [0.1, 0.15) is 0 Å². The van der Waals surface area contributed by atoms with E-state index in [0.717, 1.165) is 24.2 Å². The van der Waals surface area contributed by atoms with E-state index in [0.29, 0.717) is 5.38 Å². The quantitative estimate of drug-likeness (QED) is 0.660. The number of hydrogen-bond acceptors (Lipinski definition) is 0. The first-order valence-corrected chi connectivity index (χ1v) is 8.38. The smallest absolute Gasteiger partial charge is 0.0410 e. The van der Waals surface area contributed by atoms with Gasteiger partial charge in [0.05, 0.1) is 0 Å². The number of alkyl halides is 1. The van der Waals surface area contributed by atoms with E-state index < -0.39 is 0 Å². The summed E-state index contributed by atoms with van der Waals surface area (Å²) in [5.74, 6) is 2.70. The fourth-order valence-corrected chi connectivity index (χ4v) is 4.86. The molecule has 0 amide bonds. The molecule has 0 aliphatic heterocycles. The molecule has 2 aliphatic rings. The molecule has 2 fully saturated rings. The molecule has 2 saturated carbocycles. The summed E-state index contributed by atoms with van der Waals surface area (Å²) in [6.07, 6.45) is 6.74. The summed E-state index contributed by atoms with van der Waals surface area (Å²) in [5.41, 5.74) is 1.40. The lowest BCUT2D eigenvalue weighted by atomic mass is 10.0. The highest BCUT2D eigenvalue weighted by Gasteiger charge is 2.53. The van der Waals surface area contributed by atoms with Crippen molar-refractivity contribution in [2.75, 3.05) is 0 Å². The molecule has 20 heavy (non-hydrogen) atoms. The van der Waals surface area contributed by atoms with Crippen molar-refractivity contribution in [3.05, 3.63) is 48.0 Å². The Kier molecular flexibility index (Phi) is 3.22. The first-order valence-electron chi connectivity index (χ1n) is 7.95. The van der Waals surface area contributed by atoms with E-state index in [9.17, 15) is 0 Å². The molecule has 4 rings (SSSR count). The molecule has 0 saturated heterocycles. The highest BCUT2D eigenvalue weighted by Crippen LogP contribution is 2.58. The van der Waals surface area contributed by atoms with Crippen LogP contribution in [0.4, 0.5) is 0 Å². The molecule has 0 bridgehead atoms. The molecule has 3 unspecified atom stereocenters. The summed E-state index contributed by atoms with van der Waals surface area (Å²) in [6, 6.07) is 15.4. The zero-order valence-corrected chi connectivity index (χ0v) is 12.5. The summed E-state index contributed by atoms with van der Waals surface area (Å²) in [6.45, 7) is 0. The first-order chi connectivity index (χ1) is 9.83. The van der Waals surface area contributed by atoms with E-state index in [2.05, 4.69) is 42.5 Å². The van der Waals surface area contributed by atoms with Crippen molar-refractivity contribution in [3.8, 4) is 0 Å². The molecule has 0 spiro atoms. The van der Waals surface area contributed by atoms with Gasteiger partial charge in [0, 0.05) is 5.38 Å². The van der Waals surface area contributed by atoms with Crippen molar-refractivity contribution in [1.29, 1.82) is 0 Å². The molecule has 2 aliphatic carbocycles. The summed E-state index contributed by atoms with van der Waals surface area (Å²) in [7, 11) is 0. The highest BCUT2D eigenvalue weighted by molar-refractivity contribution is 6.21. The van der Waals surface area contributed by atoms with Gasteiger partial charge >= 0.3 is 0 Å². The van der Waals surface area contributed by atoms with Gasteiger partial charge in [-0.05, 0) is 53.4 Å². The Balaban J connectivity index is 1.50. The van der Waals surface area contributed by atoms with E-state index in [4.69, 9.17) is 11.6 Å². The van der Waals surface area contributed by atoms with Gasteiger partial charge < -0.3 is 0 Å². The van der Waals surface area contributed by atoms with Crippen molar-refractivity contribution in [3.63, 3.8) is 0 Å². The molecule has 3 atom stereocenters. The number of hydrogen-bond donors (Lipinski definition) is 0. The zero-order valence-electron chi connectivity index (χ0n) is 11.8. The molecule has 0 heterocycles. The number of rotatable bonds is 3. The monoisotopic (exact) mass is 284 g/mol. The van der Waals surface area contributed by atoms with E-state index in [1.165, 1.54) is 42.0 Å². The predicted molar refractivity (Wildman–Crippen MR) is 86.2 cm³/mol. The van der Waals surface area contributed by atoms with Crippen LogP contribution in [0.1, 0.15) is 31.2 Å². The summed E-state index contributed by atoms with van der Waals surface area (Å²) in [5, 5.41) is 2.99. The van der Waals surface area contributed by atoms with Crippen molar-refractivity contribution < 1.29 is 0 Å². The summed E-state index contributed by atoms with van der Waals surface area (Å²) in [4.78, 5) is 0. The van der Waals surface area contributed by atoms with E-state index in [-0.39, 0.29) is 0 Å². The Labute approximate surface area is 126 Å². The van der Waals surface area contributed by atoms with Gasteiger partial charge in [0.25, 0.3) is 0 Å². The summed E-state index contributed by atoms with van der Waals surface area (Å²) >= 11 is 6.74. The largest absolute Gasteiger partial charge is 0.122 e. The zero-order chi connectivity index (χ0) is 13.5. The van der Waals surface area contributed by atoms with Crippen LogP contribution in [-0.4, -0.2) is 5.38 Å². The lowest BCUT2D eigenvalue weighted by Gasteiger charge is -2.10. The maximum Gasteiger partial charge on any atom is 0.0410 e. The van der Waals surface area contributed by atoms with Crippen LogP contribution in [0.15, 0.2) is 42.5 Å². The molecule has 104 valence electrons. The van der Waals surface area contributed by atoms with Gasteiger partial charge in [-0.1, -0.05) is 55.3 Å². The van der Waals surface area contributed by atoms with Crippen molar-refractivity contribution in [2.45, 2.75) is 37.5 Å². The van der Waals surface area contributed by atoms with Gasteiger partial charge in [-0.15, -0.1) is 11.6 Å². The fourth-order valence-electron chi connectivity index (χ4n) is 4.31. The Morgan fingerprint density at radius 2 is 1.65 bits per heavy atom. The van der Waals surface area contributed by atoms with Crippen molar-refractivity contribution >= 4 is 22.4 Å². The Morgan fingerprint density at radius 3 is 2.40 bits per heavy atom. The number of fused-ring (bicyclic) bond motifs is 2. The van der Waals surface area contributed by atoms with E-state index in [1.807, 2.05) is 0 Å². The minimum Gasteiger partial charge on any atom is -0.122 e. The van der Waals surface area contributed by atoms with Crippen LogP contribution in [0.25, 0.3) is 10.8 Å².